The second kappa shape index (κ2) is 9.14. The maximum Gasteiger partial charge on any atom is 0.269 e. The molecule has 7 nitrogen and oxygen atoms in total. The van der Waals surface area contributed by atoms with E-state index in [1.807, 2.05) is 19.1 Å². The summed E-state index contributed by atoms with van der Waals surface area (Å²) in [5.74, 6) is -2.60. The van der Waals surface area contributed by atoms with Gasteiger partial charge in [-0.15, -0.1) is 0 Å². The molecule has 0 N–H and O–H groups in total. The van der Waals surface area contributed by atoms with E-state index < -0.39 is 45.7 Å². The van der Waals surface area contributed by atoms with Crippen LogP contribution in [0.5, 0.6) is 0 Å². The Labute approximate surface area is 240 Å². The van der Waals surface area contributed by atoms with E-state index in [1.54, 1.807) is 59.5 Å². The first kappa shape index (κ1) is 25.7. The van der Waals surface area contributed by atoms with Gasteiger partial charge in [0.15, 0.2) is 17.3 Å². The lowest BCUT2D eigenvalue weighted by molar-refractivity contribution is -0.384. The van der Waals surface area contributed by atoms with Crippen molar-refractivity contribution in [2.75, 3.05) is 4.90 Å². The van der Waals surface area contributed by atoms with Crippen molar-refractivity contribution >= 4 is 34.8 Å². The Morgan fingerprint density at radius 2 is 1.55 bits per heavy atom. The molecule has 3 unspecified atom stereocenters. The molecule has 42 heavy (non-hydrogen) atoms. The molecule has 4 aromatic rings. The zero-order valence-electron chi connectivity index (χ0n) is 22.4. The Morgan fingerprint density at radius 3 is 2.17 bits per heavy atom. The minimum atomic E-state index is -1.74. The topological polar surface area (TPSA) is 97.6 Å². The zero-order valence-corrected chi connectivity index (χ0v) is 22.4. The van der Waals surface area contributed by atoms with Crippen molar-refractivity contribution in [3.05, 3.63) is 146 Å². The summed E-state index contributed by atoms with van der Waals surface area (Å²) >= 11 is 0. The maximum atomic E-state index is 14.6. The van der Waals surface area contributed by atoms with Crippen LogP contribution in [0.1, 0.15) is 53.7 Å². The molecule has 1 aliphatic carbocycles. The fourth-order valence-corrected chi connectivity index (χ4v) is 7.01. The molecule has 0 radical (unpaired) electrons. The third-order valence-electron chi connectivity index (χ3n) is 8.83. The van der Waals surface area contributed by atoms with Crippen molar-refractivity contribution in [1.29, 1.82) is 0 Å². The molecule has 1 fully saturated rings. The van der Waals surface area contributed by atoms with Crippen LogP contribution in [0, 0.1) is 28.3 Å². The van der Waals surface area contributed by atoms with Crippen LogP contribution in [0.2, 0.25) is 0 Å². The van der Waals surface area contributed by atoms with E-state index in [-0.39, 0.29) is 22.6 Å². The molecular weight excluding hydrogens is 535 g/mol. The fraction of sp³-hybridized carbons (Fsp3) is 0.147. The molecule has 4 aromatic carbocycles. The van der Waals surface area contributed by atoms with E-state index in [1.165, 1.54) is 36.4 Å². The summed E-state index contributed by atoms with van der Waals surface area (Å²) < 4.78 is 14.4. The van der Waals surface area contributed by atoms with Gasteiger partial charge in [-0.25, -0.2) is 4.39 Å². The van der Waals surface area contributed by atoms with Crippen molar-refractivity contribution < 1.29 is 23.7 Å². The number of ketones is 3. The van der Waals surface area contributed by atoms with Crippen LogP contribution >= 0.6 is 0 Å². The second-order valence-corrected chi connectivity index (χ2v) is 11.0. The molecular formula is C34H23FN2O5. The predicted molar refractivity (Wildman–Crippen MR) is 154 cm³/mol. The highest BCUT2D eigenvalue weighted by Crippen LogP contribution is 2.61. The van der Waals surface area contributed by atoms with Crippen LogP contribution in [-0.4, -0.2) is 34.4 Å². The molecule has 0 bridgehead atoms. The summed E-state index contributed by atoms with van der Waals surface area (Å²) in [5.41, 5.74) is 1.49. The second-order valence-electron chi connectivity index (χ2n) is 11.0. The number of Topliss-reactive ketones (excluding diaryl/α,β-unsaturated/α-hetero) is 3. The average molecular weight is 559 g/mol. The number of nitrogens with zero attached hydrogens (tertiary/aromatic N) is 2. The van der Waals surface area contributed by atoms with Gasteiger partial charge in [0, 0.05) is 46.0 Å². The summed E-state index contributed by atoms with van der Waals surface area (Å²) in [4.78, 5) is 56.5. The summed E-state index contributed by atoms with van der Waals surface area (Å²) in [6.45, 7) is 1.90. The molecule has 3 aliphatic rings. The number of nitro benzene ring substituents is 1. The minimum Gasteiger partial charge on any atom is -0.352 e. The lowest BCUT2D eigenvalue weighted by Crippen LogP contribution is -2.48. The number of carbonyl (C=O) groups excluding carboxylic acids is 3. The summed E-state index contributed by atoms with van der Waals surface area (Å²) in [5, 5.41) is 11.5. The summed E-state index contributed by atoms with van der Waals surface area (Å²) in [7, 11) is 0. The van der Waals surface area contributed by atoms with E-state index in [0.29, 0.717) is 22.4 Å². The Bertz CT molecular complexity index is 1830. The highest BCUT2D eigenvalue weighted by molar-refractivity contribution is 6.32. The first-order valence-corrected chi connectivity index (χ1v) is 13.5. The number of halogens is 1. The zero-order chi connectivity index (χ0) is 29.3. The van der Waals surface area contributed by atoms with Gasteiger partial charge in [-0.2, -0.15) is 0 Å². The highest BCUT2D eigenvalue weighted by Gasteiger charge is 2.71. The van der Waals surface area contributed by atoms with Crippen molar-refractivity contribution in [1.82, 2.24) is 0 Å². The van der Waals surface area contributed by atoms with Gasteiger partial charge in [0.05, 0.1) is 11.0 Å². The average Bonchev–Trinajstić information content (AvgIpc) is 3.43. The minimum absolute atomic E-state index is 0.155. The summed E-state index contributed by atoms with van der Waals surface area (Å²) in [6.07, 6.45) is 3.40. The predicted octanol–water partition coefficient (Wildman–Crippen LogP) is 6.36. The van der Waals surface area contributed by atoms with Gasteiger partial charge in [0.1, 0.15) is 17.3 Å². The number of benzene rings is 4. The van der Waals surface area contributed by atoms with E-state index >= 15 is 0 Å². The standard InChI is InChI=1S/C34H23FN2O5/c1-19-6-8-21(9-7-19)31(38)30-29(20-10-14-24(15-11-20)37(41)42)34(32(39)25-4-2-3-5-26(25)33(34)40)28-17-12-22-18-23(35)13-16-27(22)36(28)30/h2-18,28-30H,1H3. The number of rotatable bonds is 4. The Hall–Kier alpha value is -5.24. The SMILES string of the molecule is Cc1ccc(C(=O)C2C(c3ccc([N+](=O)[O-])cc3)C3(C(=O)c4ccccc4C3=O)C3C=Cc4cc(F)ccc4N23)cc1. The Balaban J connectivity index is 1.54. The van der Waals surface area contributed by atoms with Crippen LogP contribution < -0.4 is 4.90 Å². The number of anilines is 1. The van der Waals surface area contributed by atoms with E-state index in [2.05, 4.69) is 0 Å². The first-order valence-electron chi connectivity index (χ1n) is 13.5. The largest absolute Gasteiger partial charge is 0.352 e. The number of nitro groups is 1. The molecule has 2 heterocycles. The van der Waals surface area contributed by atoms with Gasteiger partial charge in [0.2, 0.25) is 0 Å². The molecule has 0 saturated carbocycles. The lowest BCUT2D eigenvalue weighted by Gasteiger charge is -2.37. The van der Waals surface area contributed by atoms with Gasteiger partial charge in [-0.3, -0.25) is 24.5 Å². The number of aryl methyl sites for hydroxylation is 1. The van der Waals surface area contributed by atoms with E-state index in [9.17, 15) is 28.9 Å². The first-order chi connectivity index (χ1) is 20.2. The van der Waals surface area contributed by atoms with Crippen LogP contribution in [-0.2, 0) is 0 Å². The van der Waals surface area contributed by atoms with Crippen LogP contribution in [0.3, 0.4) is 0 Å². The third-order valence-corrected chi connectivity index (χ3v) is 8.83. The molecule has 8 heteroatoms. The van der Waals surface area contributed by atoms with Crippen molar-refractivity contribution in [3.63, 3.8) is 0 Å². The van der Waals surface area contributed by atoms with E-state index in [4.69, 9.17) is 0 Å². The number of non-ortho nitro benzene ring substituents is 1. The smallest absolute Gasteiger partial charge is 0.269 e. The number of fused-ring (bicyclic) bond motifs is 5. The van der Waals surface area contributed by atoms with Crippen LogP contribution in [0.25, 0.3) is 6.08 Å². The number of hydrogen-bond donors (Lipinski definition) is 0. The number of carbonyl (C=O) groups is 3. The normalized spacial score (nSPS) is 21.3. The van der Waals surface area contributed by atoms with Crippen molar-refractivity contribution in [2.45, 2.75) is 24.9 Å². The lowest BCUT2D eigenvalue weighted by atomic mass is 9.64. The van der Waals surface area contributed by atoms with Crippen molar-refractivity contribution in [3.8, 4) is 0 Å². The molecule has 206 valence electrons. The molecule has 1 spiro atoms. The maximum absolute atomic E-state index is 14.6. The van der Waals surface area contributed by atoms with Gasteiger partial charge in [-0.05, 0) is 30.7 Å². The van der Waals surface area contributed by atoms with Gasteiger partial charge >= 0.3 is 0 Å². The van der Waals surface area contributed by atoms with E-state index in [0.717, 1.165) is 5.56 Å². The molecule has 3 atom stereocenters. The van der Waals surface area contributed by atoms with Crippen LogP contribution in [0.15, 0.2) is 97.1 Å². The quantitative estimate of drug-likeness (QED) is 0.125. The van der Waals surface area contributed by atoms with Gasteiger partial charge in [0.25, 0.3) is 5.69 Å². The molecule has 0 aromatic heterocycles. The van der Waals surface area contributed by atoms with Gasteiger partial charge < -0.3 is 4.90 Å². The van der Waals surface area contributed by atoms with Crippen LogP contribution in [0.4, 0.5) is 15.8 Å². The molecule has 1 saturated heterocycles. The molecule has 7 rings (SSSR count). The summed E-state index contributed by atoms with van der Waals surface area (Å²) in [6, 6.07) is 21.7. The molecule has 0 amide bonds. The Morgan fingerprint density at radius 1 is 0.905 bits per heavy atom. The number of hydrogen-bond acceptors (Lipinski definition) is 6. The van der Waals surface area contributed by atoms with Crippen molar-refractivity contribution in [2.24, 2.45) is 5.41 Å². The monoisotopic (exact) mass is 558 g/mol. The highest BCUT2D eigenvalue weighted by atomic mass is 19.1. The fourth-order valence-electron chi connectivity index (χ4n) is 7.01. The Kier molecular flexibility index (Phi) is 5.59. The molecule has 2 aliphatic heterocycles. The third kappa shape index (κ3) is 3.41. The van der Waals surface area contributed by atoms with Gasteiger partial charge in [-0.1, -0.05) is 78.4 Å².